The molecule has 0 aliphatic carbocycles. The number of hydrogen-bond donors (Lipinski definition) is 3. The molecule has 0 saturated heterocycles. The van der Waals surface area contributed by atoms with Crippen molar-refractivity contribution in [3.05, 3.63) is 88.9 Å². The number of amides is 2. The Labute approximate surface area is 198 Å². The molecule has 0 atom stereocenters. The van der Waals surface area contributed by atoms with E-state index in [1.165, 1.54) is 12.3 Å². The summed E-state index contributed by atoms with van der Waals surface area (Å²) in [5, 5.41) is 9.21. The number of carbonyl (C=O) groups excluding carboxylic acids is 2. The van der Waals surface area contributed by atoms with Crippen molar-refractivity contribution in [2.24, 2.45) is 0 Å². The second-order valence-corrected chi connectivity index (χ2v) is 7.92. The molecule has 4 aromatic rings. The lowest BCUT2D eigenvalue weighted by Gasteiger charge is -2.25. The van der Waals surface area contributed by atoms with E-state index in [0.29, 0.717) is 24.5 Å². The number of hydrogen-bond acceptors (Lipinski definition) is 5. The molecule has 178 valence electrons. The molecular weight excluding hydrogens is 458 g/mol. The van der Waals surface area contributed by atoms with Crippen LogP contribution in [-0.2, 0) is 24.3 Å². The molecule has 0 unspecified atom stereocenters. The normalized spacial score (nSPS) is 12.8. The van der Waals surface area contributed by atoms with E-state index in [-0.39, 0.29) is 24.5 Å². The molecule has 35 heavy (non-hydrogen) atoms. The number of aromatic amines is 2. The van der Waals surface area contributed by atoms with Gasteiger partial charge in [0.1, 0.15) is 23.8 Å². The van der Waals surface area contributed by atoms with Gasteiger partial charge in [-0.1, -0.05) is 36.4 Å². The van der Waals surface area contributed by atoms with E-state index in [1.807, 2.05) is 30.3 Å². The number of rotatable bonds is 5. The van der Waals surface area contributed by atoms with Crippen LogP contribution in [0.5, 0.6) is 0 Å². The van der Waals surface area contributed by atoms with Gasteiger partial charge < -0.3 is 19.9 Å². The lowest BCUT2D eigenvalue weighted by Crippen LogP contribution is -2.36. The van der Waals surface area contributed by atoms with Gasteiger partial charge in [-0.2, -0.15) is 5.10 Å². The molecule has 1 aliphatic rings. The number of nitrogens with zero attached hydrogens (tertiary/aromatic N) is 3. The first-order valence-electron chi connectivity index (χ1n) is 10.8. The summed E-state index contributed by atoms with van der Waals surface area (Å²) in [6, 6.07) is 12.6. The molecule has 9 nitrogen and oxygen atoms in total. The van der Waals surface area contributed by atoms with E-state index >= 15 is 0 Å². The Hall–Kier alpha value is -4.54. The molecule has 0 fully saturated rings. The Morgan fingerprint density at radius 2 is 1.86 bits per heavy atom. The third kappa shape index (κ3) is 4.60. The molecular formula is C24H20F2N6O3. The highest BCUT2D eigenvalue weighted by Gasteiger charge is 2.27. The Balaban J connectivity index is 1.28. The van der Waals surface area contributed by atoms with E-state index < -0.39 is 29.2 Å². The highest BCUT2D eigenvalue weighted by Crippen LogP contribution is 2.27. The minimum atomic E-state index is -0.972. The molecule has 1 aliphatic heterocycles. The van der Waals surface area contributed by atoms with Gasteiger partial charge in [-0.3, -0.25) is 9.89 Å². The lowest BCUT2D eigenvalue weighted by atomic mass is 10.1. The second-order valence-electron chi connectivity index (χ2n) is 7.92. The molecule has 5 rings (SSSR count). The third-order valence-electron chi connectivity index (χ3n) is 5.60. The van der Waals surface area contributed by atoms with Crippen LogP contribution < -0.4 is 5.32 Å². The molecule has 3 heterocycles. The van der Waals surface area contributed by atoms with Crippen molar-refractivity contribution in [2.75, 3.05) is 11.9 Å². The van der Waals surface area contributed by atoms with Crippen molar-refractivity contribution in [2.45, 2.75) is 19.6 Å². The maximum absolute atomic E-state index is 14.0. The predicted molar refractivity (Wildman–Crippen MR) is 121 cm³/mol. The molecule has 11 heteroatoms. The summed E-state index contributed by atoms with van der Waals surface area (Å²) < 4.78 is 33.4. The van der Waals surface area contributed by atoms with E-state index in [1.54, 1.807) is 4.90 Å². The third-order valence-corrected chi connectivity index (χ3v) is 5.60. The van der Waals surface area contributed by atoms with E-state index in [0.717, 1.165) is 23.4 Å². The fraction of sp³-hybridized carbons (Fsp3) is 0.167. The summed E-state index contributed by atoms with van der Waals surface area (Å²) in [7, 11) is 0. The van der Waals surface area contributed by atoms with Gasteiger partial charge in [0.2, 0.25) is 0 Å². The summed E-state index contributed by atoms with van der Waals surface area (Å²) in [6.07, 6.45) is 1.47. The topological polar surface area (TPSA) is 116 Å². The molecule has 0 saturated carbocycles. The Kier molecular flexibility index (Phi) is 5.96. The van der Waals surface area contributed by atoms with Crippen LogP contribution in [0, 0.1) is 11.6 Å². The van der Waals surface area contributed by atoms with Gasteiger partial charge in [0, 0.05) is 24.9 Å². The average Bonchev–Trinajstić information content (AvgIpc) is 3.49. The SMILES string of the molecule is O=C(Nc1c[nH]nc1-c1nc2c([nH]1)CCN(C(=O)OCc1ccccc1)C2)c1c(F)cccc1F. The van der Waals surface area contributed by atoms with Crippen molar-refractivity contribution in [1.29, 1.82) is 0 Å². The molecule has 2 aromatic carbocycles. The Morgan fingerprint density at radius 1 is 1.09 bits per heavy atom. The van der Waals surface area contributed by atoms with Crippen LogP contribution in [0.4, 0.5) is 19.3 Å². The number of H-pyrrole nitrogens is 2. The Bertz CT molecular complexity index is 1360. The van der Waals surface area contributed by atoms with Crippen molar-refractivity contribution < 1.29 is 23.1 Å². The molecule has 2 aromatic heterocycles. The summed E-state index contributed by atoms with van der Waals surface area (Å²) >= 11 is 0. The van der Waals surface area contributed by atoms with Crippen LogP contribution in [0.3, 0.4) is 0 Å². The highest BCUT2D eigenvalue weighted by molar-refractivity contribution is 6.06. The van der Waals surface area contributed by atoms with E-state index in [2.05, 4.69) is 25.5 Å². The van der Waals surface area contributed by atoms with Crippen LogP contribution >= 0.6 is 0 Å². The van der Waals surface area contributed by atoms with Gasteiger partial charge in [0.25, 0.3) is 5.91 Å². The fourth-order valence-electron chi connectivity index (χ4n) is 3.83. The summed E-state index contributed by atoms with van der Waals surface area (Å²) in [5.74, 6) is -2.55. The first kappa shape index (κ1) is 22.3. The molecule has 0 spiro atoms. The van der Waals surface area contributed by atoms with Crippen LogP contribution in [0.15, 0.2) is 54.7 Å². The largest absolute Gasteiger partial charge is 0.445 e. The zero-order valence-corrected chi connectivity index (χ0v) is 18.3. The first-order chi connectivity index (χ1) is 17.0. The van der Waals surface area contributed by atoms with E-state index in [9.17, 15) is 18.4 Å². The van der Waals surface area contributed by atoms with Crippen molar-refractivity contribution in [3.8, 4) is 11.5 Å². The quantitative estimate of drug-likeness (QED) is 0.401. The number of nitrogens with one attached hydrogen (secondary N) is 3. The van der Waals surface area contributed by atoms with Gasteiger partial charge in [-0.05, 0) is 17.7 Å². The number of aromatic nitrogens is 4. The molecule has 0 radical (unpaired) electrons. The van der Waals surface area contributed by atoms with Gasteiger partial charge in [0.15, 0.2) is 11.5 Å². The van der Waals surface area contributed by atoms with Crippen molar-refractivity contribution in [3.63, 3.8) is 0 Å². The standard InChI is InChI=1S/C24H20F2N6O3/c25-15-7-4-8-16(26)20(15)23(33)30-18-11-27-31-21(18)22-28-17-9-10-32(12-19(17)29-22)24(34)35-13-14-5-2-1-3-6-14/h1-8,11H,9-10,12-13H2,(H,27,31)(H,28,29)(H,30,33). The van der Waals surface area contributed by atoms with Gasteiger partial charge in [0.05, 0.1) is 17.9 Å². The number of anilines is 1. The fourth-order valence-corrected chi connectivity index (χ4v) is 3.83. The lowest BCUT2D eigenvalue weighted by molar-refractivity contribution is 0.0912. The number of benzene rings is 2. The summed E-state index contributed by atoms with van der Waals surface area (Å²) in [5.41, 5.74) is 2.13. The van der Waals surface area contributed by atoms with Gasteiger partial charge in [-0.15, -0.1) is 0 Å². The zero-order chi connectivity index (χ0) is 24.4. The maximum Gasteiger partial charge on any atom is 0.410 e. The second kappa shape index (κ2) is 9.37. The number of carbonyl (C=O) groups is 2. The minimum absolute atomic E-state index is 0.174. The van der Waals surface area contributed by atoms with E-state index in [4.69, 9.17) is 4.74 Å². The number of fused-ring (bicyclic) bond motifs is 1. The minimum Gasteiger partial charge on any atom is -0.445 e. The summed E-state index contributed by atoms with van der Waals surface area (Å²) in [4.78, 5) is 34.3. The molecule has 0 bridgehead atoms. The predicted octanol–water partition coefficient (Wildman–Crippen LogP) is 4.03. The van der Waals surface area contributed by atoms with Gasteiger partial charge in [-0.25, -0.2) is 18.6 Å². The number of imidazole rings is 1. The Morgan fingerprint density at radius 3 is 2.63 bits per heavy atom. The maximum atomic E-state index is 14.0. The first-order valence-corrected chi connectivity index (χ1v) is 10.8. The summed E-state index contributed by atoms with van der Waals surface area (Å²) in [6.45, 7) is 0.860. The van der Waals surface area contributed by atoms with Crippen LogP contribution in [-0.4, -0.2) is 43.6 Å². The molecule has 2 amide bonds. The van der Waals surface area contributed by atoms with Crippen molar-refractivity contribution in [1.82, 2.24) is 25.1 Å². The zero-order valence-electron chi connectivity index (χ0n) is 18.3. The van der Waals surface area contributed by atoms with Crippen LogP contribution in [0.1, 0.15) is 27.3 Å². The average molecular weight is 478 g/mol. The number of halogens is 2. The monoisotopic (exact) mass is 478 g/mol. The highest BCUT2D eigenvalue weighted by atomic mass is 19.1. The number of ether oxygens (including phenoxy) is 1. The molecule has 3 N–H and O–H groups in total. The van der Waals surface area contributed by atoms with Crippen LogP contribution in [0.25, 0.3) is 11.5 Å². The van der Waals surface area contributed by atoms with Crippen molar-refractivity contribution >= 4 is 17.7 Å². The van der Waals surface area contributed by atoms with Crippen LogP contribution in [0.2, 0.25) is 0 Å². The van der Waals surface area contributed by atoms with Gasteiger partial charge >= 0.3 is 6.09 Å². The smallest absolute Gasteiger partial charge is 0.410 e.